The van der Waals surface area contributed by atoms with Gasteiger partial charge in [-0.1, -0.05) is 0 Å². The topological polar surface area (TPSA) is 33.7 Å². The Balaban J connectivity index is 1.66. The van der Waals surface area contributed by atoms with Gasteiger partial charge in [-0.15, -0.1) is 0 Å². The zero-order valence-corrected chi connectivity index (χ0v) is 10.8. The Morgan fingerprint density at radius 3 is 3.06 bits per heavy atom. The maximum Gasteiger partial charge on any atom is 0.0951 e. The van der Waals surface area contributed by atoms with E-state index in [9.17, 15) is 0 Å². The second-order valence-electron chi connectivity index (χ2n) is 5.77. The van der Waals surface area contributed by atoms with Gasteiger partial charge >= 0.3 is 0 Å². The number of ether oxygens (including phenoxy) is 2. The average Bonchev–Trinajstić information content (AvgIpc) is 2.78. The highest BCUT2D eigenvalue weighted by Crippen LogP contribution is 2.35. The predicted octanol–water partition coefficient (Wildman–Crippen LogP) is 0.618. The lowest BCUT2D eigenvalue weighted by molar-refractivity contribution is -0.112. The summed E-state index contributed by atoms with van der Waals surface area (Å²) in [6, 6.07) is 1.36. The molecule has 3 saturated heterocycles. The summed E-state index contributed by atoms with van der Waals surface area (Å²) in [5.74, 6) is 0. The van der Waals surface area contributed by atoms with Crippen LogP contribution < -0.4 is 5.32 Å². The molecule has 17 heavy (non-hydrogen) atoms. The molecule has 0 saturated carbocycles. The van der Waals surface area contributed by atoms with Gasteiger partial charge in [-0.3, -0.25) is 4.90 Å². The minimum atomic E-state index is 0.0491. The van der Waals surface area contributed by atoms with Crippen LogP contribution in [0.1, 0.15) is 26.2 Å². The van der Waals surface area contributed by atoms with Crippen LogP contribution in [-0.2, 0) is 9.47 Å². The third-order valence-electron chi connectivity index (χ3n) is 4.56. The van der Waals surface area contributed by atoms with Crippen LogP contribution in [0, 0.1) is 0 Å². The fourth-order valence-electron chi connectivity index (χ4n) is 3.55. The lowest BCUT2D eigenvalue weighted by atomic mass is 9.88. The maximum atomic E-state index is 6.02. The first kappa shape index (κ1) is 11.9. The minimum Gasteiger partial charge on any atom is -0.378 e. The first-order valence-electron chi connectivity index (χ1n) is 6.97. The van der Waals surface area contributed by atoms with Crippen molar-refractivity contribution in [2.24, 2.45) is 0 Å². The molecule has 3 aliphatic heterocycles. The fourth-order valence-corrected chi connectivity index (χ4v) is 3.55. The highest BCUT2D eigenvalue weighted by atomic mass is 16.6. The molecule has 4 heteroatoms. The third kappa shape index (κ3) is 2.36. The summed E-state index contributed by atoms with van der Waals surface area (Å²) in [5, 5.41) is 3.47. The van der Waals surface area contributed by atoms with Crippen molar-refractivity contribution < 1.29 is 9.47 Å². The number of hydrogen-bond donors (Lipinski definition) is 1. The molecule has 0 aromatic rings. The fraction of sp³-hybridized carbons (Fsp3) is 1.00. The second kappa shape index (κ2) is 4.84. The molecule has 1 spiro atoms. The largest absolute Gasteiger partial charge is 0.378 e. The molecule has 0 radical (unpaired) electrons. The van der Waals surface area contributed by atoms with Crippen molar-refractivity contribution in [2.75, 3.05) is 39.5 Å². The predicted molar refractivity (Wildman–Crippen MR) is 66.2 cm³/mol. The molecule has 3 fully saturated rings. The van der Waals surface area contributed by atoms with Crippen LogP contribution in [-0.4, -0.2) is 62.0 Å². The van der Waals surface area contributed by atoms with Crippen LogP contribution in [0.4, 0.5) is 0 Å². The van der Waals surface area contributed by atoms with E-state index < -0.39 is 0 Å². The van der Waals surface area contributed by atoms with Gasteiger partial charge < -0.3 is 14.8 Å². The summed E-state index contributed by atoms with van der Waals surface area (Å²) in [7, 11) is 0. The molecule has 0 aromatic carbocycles. The van der Waals surface area contributed by atoms with Crippen LogP contribution in [0.2, 0.25) is 0 Å². The summed E-state index contributed by atoms with van der Waals surface area (Å²) < 4.78 is 11.6. The average molecular weight is 240 g/mol. The van der Waals surface area contributed by atoms with Crippen LogP contribution in [0.25, 0.3) is 0 Å². The van der Waals surface area contributed by atoms with Gasteiger partial charge in [-0.05, 0) is 19.8 Å². The Morgan fingerprint density at radius 2 is 2.29 bits per heavy atom. The maximum absolute atomic E-state index is 6.02. The summed E-state index contributed by atoms with van der Waals surface area (Å²) >= 11 is 0. The van der Waals surface area contributed by atoms with Gasteiger partial charge in [0.25, 0.3) is 0 Å². The molecule has 1 N–H and O–H groups in total. The molecule has 0 bridgehead atoms. The van der Waals surface area contributed by atoms with Gasteiger partial charge in [0.2, 0.25) is 0 Å². The van der Waals surface area contributed by atoms with Gasteiger partial charge in [0, 0.05) is 51.4 Å². The van der Waals surface area contributed by atoms with Gasteiger partial charge in [-0.2, -0.15) is 0 Å². The summed E-state index contributed by atoms with van der Waals surface area (Å²) in [6.45, 7) is 8.37. The highest BCUT2D eigenvalue weighted by Gasteiger charge is 2.43. The van der Waals surface area contributed by atoms with E-state index >= 15 is 0 Å². The van der Waals surface area contributed by atoms with Crippen molar-refractivity contribution in [1.29, 1.82) is 0 Å². The zero-order chi connectivity index (χ0) is 11.7. The van der Waals surface area contributed by atoms with Crippen LogP contribution in [0.3, 0.4) is 0 Å². The summed E-state index contributed by atoms with van der Waals surface area (Å²) in [5.41, 5.74) is 0.0491. The first-order chi connectivity index (χ1) is 8.29. The van der Waals surface area contributed by atoms with E-state index in [0.717, 1.165) is 45.8 Å². The highest BCUT2D eigenvalue weighted by molar-refractivity contribution is 4.95. The number of nitrogens with one attached hydrogen (secondary N) is 1. The molecule has 3 unspecified atom stereocenters. The van der Waals surface area contributed by atoms with Crippen LogP contribution in [0.5, 0.6) is 0 Å². The van der Waals surface area contributed by atoms with Crippen LogP contribution in [0.15, 0.2) is 0 Å². The molecule has 3 heterocycles. The first-order valence-corrected chi connectivity index (χ1v) is 6.97. The Hall–Kier alpha value is -0.160. The van der Waals surface area contributed by atoms with Gasteiger partial charge in [0.15, 0.2) is 0 Å². The molecule has 3 rings (SSSR count). The SMILES string of the molecule is CC1CNCCN1C1CCOC2(CCOC2)C1. The molecule has 4 nitrogen and oxygen atoms in total. The monoisotopic (exact) mass is 240 g/mol. The Labute approximate surface area is 104 Å². The Kier molecular flexibility index (Phi) is 3.39. The molecular weight excluding hydrogens is 216 g/mol. The number of piperazine rings is 1. The van der Waals surface area contributed by atoms with Crippen molar-refractivity contribution in [3.05, 3.63) is 0 Å². The van der Waals surface area contributed by atoms with Crippen molar-refractivity contribution in [1.82, 2.24) is 10.2 Å². The van der Waals surface area contributed by atoms with Gasteiger partial charge in [0.1, 0.15) is 0 Å². The minimum absolute atomic E-state index is 0.0491. The standard InChI is InChI=1S/C13H24N2O2/c1-11-9-14-4-5-15(11)12-2-6-17-13(8-12)3-7-16-10-13/h11-12,14H,2-10H2,1H3. The third-order valence-corrected chi connectivity index (χ3v) is 4.56. The number of nitrogens with zero attached hydrogens (tertiary/aromatic N) is 1. The Bertz CT molecular complexity index is 266. The second-order valence-corrected chi connectivity index (χ2v) is 5.77. The van der Waals surface area contributed by atoms with E-state index in [2.05, 4.69) is 17.1 Å². The van der Waals surface area contributed by atoms with Crippen molar-refractivity contribution >= 4 is 0 Å². The van der Waals surface area contributed by atoms with E-state index in [4.69, 9.17) is 9.47 Å². The molecule has 0 aliphatic carbocycles. The number of hydrogen-bond acceptors (Lipinski definition) is 4. The van der Waals surface area contributed by atoms with E-state index in [1.165, 1.54) is 13.0 Å². The molecular formula is C13H24N2O2. The van der Waals surface area contributed by atoms with E-state index in [0.29, 0.717) is 12.1 Å². The van der Waals surface area contributed by atoms with Gasteiger partial charge in [-0.25, -0.2) is 0 Å². The van der Waals surface area contributed by atoms with Crippen LogP contribution >= 0.6 is 0 Å². The molecule has 0 amide bonds. The number of rotatable bonds is 1. The lowest BCUT2D eigenvalue weighted by Gasteiger charge is -2.46. The molecule has 0 aromatic heterocycles. The summed E-state index contributed by atoms with van der Waals surface area (Å²) in [4.78, 5) is 2.68. The zero-order valence-electron chi connectivity index (χ0n) is 10.8. The van der Waals surface area contributed by atoms with Gasteiger partial charge in [0.05, 0.1) is 12.2 Å². The van der Waals surface area contributed by atoms with E-state index in [1.807, 2.05) is 0 Å². The quantitative estimate of drug-likeness (QED) is 0.728. The molecule has 3 aliphatic rings. The summed E-state index contributed by atoms with van der Waals surface area (Å²) in [6.07, 6.45) is 3.44. The Morgan fingerprint density at radius 1 is 1.35 bits per heavy atom. The molecule has 98 valence electrons. The van der Waals surface area contributed by atoms with E-state index in [1.54, 1.807) is 0 Å². The van der Waals surface area contributed by atoms with Crippen molar-refractivity contribution in [3.63, 3.8) is 0 Å². The normalized spacial score (nSPS) is 44.3. The van der Waals surface area contributed by atoms with Crippen molar-refractivity contribution in [3.8, 4) is 0 Å². The van der Waals surface area contributed by atoms with E-state index in [-0.39, 0.29) is 5.60 Å². The smallest absolute Gasteiger partial charge is 0.0951 e. The molecule has 3 atom stereocenters. The lowest BCUT2D eigenvalue weighted by Crippen LogP contribution is -2.57. The van der Waals surface area contributed by atoms with Crippen molar-refractivity contribution in [2.45, 2.75) is 43.9 Å².